The van der Waals surface area contributed by atoms with E-state index in [1.165, 1.54) is 65.3 Å². The smallest absolute Gasteiger partial charge is 0.0991 e. The van der Waals surface area contributed by atoms with Crippen molar-refractivity contribution in [1.29, 1.82) is 5.26 Å². The van der Waals surface area contributed by atoms with Crippen LogP contribution in [0.15, 0.2) is 206 Å². The first-order valence-electron chi connectivity index (χ1n) is 18.7. The summed E-state index contributed by atoms with van der Waals surface area (Å²) < 4.78 is 0. The SMILES string of the molecule is N#Cc1ccc(N(c2ccc(-c3ccc(-c4c5ccccc5c(-c5cccc6ccccc56)c5ccccc45)cc3)cc2)c2cccc3ccccc23)cc1. The van der Waals surface area contributed by atoms with Crippen molar-refractivity contribution < 1.29 is 0 Å². The Labute approximate surface area is 320 Å². The number of nitrogens with zero attached hydrogens (tertiary/aromatic N) is 2. The Hall–Kier alpha value is -7.47. The molecule has 0 spiro atoms. The van der Waals surface area contributed by atoms with Crippen LogP contribution in [0.4, 0.5) is 17.1 Å². The monoisotopic (exact) mass is 698 g/mol. The maximum absolute atomic E-state index is 9.48. The molecule has 256 valence electrons. The van der Waals surface area contributed by atoms with Crippen LogP contribution in [0, 0.1) is 11.3 Å². The second-order valence-electron chi connectivity index (χ2n) is 14.0. The van der Waals surface area contributed by atoms with Crippen LogP contribution in [0.25, 0.3) is 76.5 Å². The van der Waals surface area contributed by atoms with E-state index in [-0.39, 0.29) is 0 Å². The molecular weight excluding hydrogens is 665 g/mol. The second kappa shape index (κ2) is 13.5. The molecule has 2 nitrogen and oxygen atoms in total. The minimum atomic E-state index is 0.641. The highest BCUT2D eigenvalue weighted by atomic mass is 15.1. The van der Waals surface area contributed by atoms with Gasteiger partial charge in [-0.3, -0.25) is 0 Å². The van der Waals surface area contributed by atoms with Crippen LogP contribution in [-0.2, 0) is 0 Å². The molecule has 0 fully saturated rings. The second-order valence-corrected chi connectivity index (χ2v) is 14.0. The van der Waals surface area contributed by atoms with Crippen molar-refractivity contribution in [2.24, 2.45) is 0 Å². The van der Waals surface area contributed by atoms with E-state index in [1.54, 1.807) is 0 Å². The van der Waals surface area contributed by atoms with Crippen LogP contribution in [0.1, 0.15) is 5.56 Å². The molecule has 0 aliphatic carbocycles. The van der Waals surface area contributed by atoms with Gasteiger partial charge < -0.3 is 4.90 Å². The molecule has 0 N–H and O–H groups in total. The third-order valence-corrected chi connectivity index (χ3v) is 10.9. The summed E-state index contributed by atoms with van der Waals surface area (Å²) in [5, 5.41) is 19.3. The molecule has 0 heterocycles. The van der Waals surface area contributed by atoms with Crippen LogP contribution >= 0.6 is 0 Å². The third kappa shape index (κ3) is 5.59. The summed E-state index contributed by atoms with van der Waals surface area (Å²) in [6, 6.07) is 75.8. The van der Waals surface area contributed by atoms with Crippen molar-refractivity contribution in [3.05, 3.63) is 212 Å². The molecule has 0 aliphatic heterocycles. The maximum atomic E-state index is 9.48. The molecule has 0 radical (unpaired) electrons. The largest absolute Gasteiger partial charge is 0.310 e. The van der Waals surface area contributed by atoms with Crippen LogP contribution in [0.2, 0.25) is 0 Å². The summed E-state index contributed by atoms with van der Waals surface area (Å²) in [6.45, 7) is 0. The summed E-state index contributed by atoms with van der Waals surface area (Å²) in [5.41, 5.74) is 11.1. The zero-order chi connectivity index (χ0) is 36.7. The molecule has 0 bridgehead atoms. The standard InChI is InChI=1S/C53H34N2/c54-35-36-23-31-42(32-24-36)55(51-22-10-14-40-12-2-4-16-45(40)51)43-33-29-38(30-34-43)37-25-27-41(28-26-37)52-47-17-5-7-19-49(47)53(50-20-8-6-18-48(50)52)46-21-9-13-39-11-1-3-15-44(39)46/h1-34H. The fraction of sp³-hybridized carbons (Fsp3) is 0. The first-order chi connectivity index (χ1) is 27.2. The minimum Gasteiger partial charge on any atom is -0.310 e. The van der Waals surface area contributed by atoms with Crippen molar-refractivity contribution in [2.45, 2.75) is 0 Å². The van der Waals surface area contributed by atoms with Gasteiger partial charge in [0.2, 0.25) is 0 Å². The fourth-order valence-electron chi connectivity index (χ4n) is 8.32. The van der Waals surface area contributed by atoms with E-state index in [4.69, 9.17) is 0 Å². The number of hydrogen-bond donors (Lipinski definition) is 0. The van der Waals surface area contributed by atoms with Crippen molar-refractivity contribution in [3.8, 4) is 39.4 Å². The fourth-order valence-corrected chi connectivity index (χ4v) is 8.32. The van der Waals surface area contributed by atoms with Gasteiger partial charge in [0.1, 0.15) is 0 Å². The predicted molar refractivity (Wildman–Crippen MR) is 232 cm³/mol. The summed E-state index contributed by atoms with van der Waals surface area (Å²) in [4.78, 5) is 2.27. The van der Waals surface area contributed by atoms with E-state index in [0.717, 1.165) is 28.2 Å². The van der Waals surface area contributed by atoms with E-state index in [1.807, 2.05) is 24.3 Å². The predicted octanol–water partition coefficient (Wildman–Crippen LogP) is 14.6. The molecule has 10 rings (SSSR count). The minimum absolute atomic E-state index is 0.641. The quantitative estimate of drug-likeness (QED) is 0.162. The van der Waals surface area contributed by atoms with Gasteiger partial charge in [-0.2, -0.15) is 5.26 Å². The Morgan fingerprint density at radius 2 is 0.745 bits per heavy atom. The highest BCUT2D eigenvalue weighted by molar-refractivity contribution is 6.23. The summed E-state index contributed by atoms with van der Waals surface area (Å²) in [6.07, 6.45) is 0. The maximum Gasteiger partial charge on any atom is 0.0991 e. The Morgan fingerprint density at radius 3 is 1.33 bits per heavy atom. The number of benzene rings is 10. The zero-order valence-electron chi connectivity index (χ0n) is 30.0. The molecule has 0 aromatic heterocycles. The molecule has 0 atom stereocenters. The van der Waals surface area contributed by atoms with Crippen molar-refractivity contribution in [2.75, 3.05) is 4.90 Å². The molecular formula is C53H34N2. The number of anilines is 3. The Balaban J connectivity index is 1.06. The van der Waals surface area contributed by atoms with Gasteiger partial charge in [0.25, 0.3) is 0 Å². The highest BCUT2D eigenvalue weighted by Crippen LogP contribution is 2.46. The lowest BCUT2D eigenvalue weighted by atomic mass is 9.84. The first kappa shape index (κ1) is 32.2. The number of fused-ring (bicyclic) bond motifs is 4. The van der Waals surface area contributed by atoms with Crippen LogP contribution in [-0.4, -0.2) is 0 Å². The van der Waals surface area contributed by atoms with Gasteiger partial charge >= 0.3 is 0 Å². The van der Waals surface area contributed by atoms with Gasteiger partial charge in [-0.05, 0) is 114 Å². The average molecular weight is 699 g/mol. The lowest BCUT2D eigenvalue weighted by Crippen LogP contribution is -2.10. The summed E-state index contributed by atoms with van der Waals surface area (Å²) in [7, 11) is 0. The number of nitriles is 1. The topological polar surface area (TPSA) is 27.0 Å². The molecule has 0 unspecified atom stereocenters. The molecule has 10 aromatic carbocycles. The van der Waals surface area contributed by atoms with E-state index in [2.05, 4.69) is 193 Å². The van der Waals surface area contributed by atoms with Gasteiger partial charge in [-0.25, -0.2) is 0 Å². The van der Waals surface area contributed by atoms with E-state index in [9.17, 15) is 5.26 Å². The summed E-state index contributed by atoms with van der Waals surface area (Å²) in [5.74, 6) is 0. The molecule has 0 saturated heterocycles. The lowest BCUT2D eigenvalue weighted by molar-refractivity contribution is 1.29. The molecule has 2 heteroatoms. The van der Waals surface area contributed by atoms with Gasteiger partial charge in [-0.15, -0.1) is 0 Å². The molecule has 0 saturated carbocycles. The first-order valence-corrected chi connectivity index (χ1v) is 18.7. The van der Waals surface area contributed by atoms with Crippen molar-refractivity contribution >= 4 is 60.2 Å². The number of hydrogen-bond acceptors (Lipinski definition) is 2. The molecule has 0 aliphatic rings. The van der Waals surface area contributed by atoms with Crippen LogP contribution < -0.4 is 4.90 Å². The Morgan fingerprint density at radius 1 is 0.327 bits per heavy atom. The third-order valence-electron chi connectivity index (χ3n) is 10.9. The van der Waals surface area contributed by atoms with Crippen LogP contribution in [0.5, 0.6) is 0 Å². The summed E-state index contributed by atoms with van der Waals surface area (Å²) >= 11 is 0. The van der Waals surface area contributed by atoms with Gasteiger partial charge in [0.05, 0.1) is 17.3 Å². The highest BCUT2D eigenvalue weighted by Gasteiger charge is 2.19. The Bertz CT molecular complexity index is 3010. The Kier molecular flexibility index (Phi) is 7.90. The lowest BCUT2D eigenvalue weighted by Gasteiger charge is -2.27. The van der Waals surface area contributed by atoms with Gasteiger partial charge in [0.15, 0.2) is 0 Å². The van der Waals surface area contributed by atoms with Crippen molar-refractivity contribution in [1.82, 2.24) is 0 Å². The molecule has 55 heavy (non-hydrogen) atoms. The van der Waals surface area contributed by atoms with Crippen molar-refractivity contribution in [3.63, 3.8) is 0 Å². The van der Waals surface area contributed by atoms with Gasteiger partial charge in [-0.1, -0.05) is 164 Å². The van der Waals surface area contributed by atoms with E-state index in [0.29, 0.717) is 5.56 Å². The van der Waals surface area contributed by atoms with Gasteiger partial charge in [0, 0.05) is 16.8 Å². The number of rotatable bonds is 6. The average Bonchev–Trinajstić information content (AvgIpc) is 3.26. The normalized spacial score (nSPS) is 11.3. The van der Waals surface area contributed by atoms with E-state index < -0.39 is 0 Å². The van der Waals surface area contributed by atoms with E-state index >= 15 is 0 Å². The zero-order valence-corrected chi connectivity index (χ0v) is 30.0. The van der Waals surface area contributed by atoms with Crippen LogP contribution in [0.3, 0.4) is 0 Å². The molecule has 0 amide bonds. The molecule has 10 aromatic rings.